The van der Waals surface area contributed by atoms with Crippen LogP contribution in [0.3, 0.4) is 0 Å². The molecule has 1 aliphatic rings. The zero-order chi connectivity index (χ0) is 21.6. The molecule has 31 heavy (non-hydrogen) atoms. The number of carbonyl (C=O) groups excluding carboxylic acids is 1. The summed E-state index contributed by atoms with van der Waals surface area (Å²) < 4.78 is 5.27. The van der Waals surface area contributed by atoms with Gasteiger partial charge in [0.05, 0.1) is 24.6 Å². The summed E-state index contributed by atoms with van der Waals surface area (Å²) in [7, 11) is 1.64. The van der Waals surface area contributed by atoms with Gasteiger partial charge in [-0.25, -0.2) is 9.99 Å². The molecule has 0 fully saturated rings. The van der Waals surface area contributed by atoms with Gasteiger partial charge < -0.3 is 4.74 Å². The van der Waals surface area contributed by atoms with E-state index in [1.807, 2.05) is 54.6 Å². The molecule has 1 atom stereocenters. The Morgan fingerprint density at radius 2 is 1.97 bits per heavy atom. The molecule has 0 saturated heterocycles. The van der Waals surface area contributed by atoms with Gasteiger partial charge in [0.15, 0.2) is 0 Å². The fraction of sp³-hybridized carbons (Fsp3) is 0.304. The molecular weight excluding hydrogens is 410 g/mol. The van der Waals surface area contributed by atoms with E-state index < -0.39 is 0 Å². The third kappa shape index (κ3) is 4.96. The van der Waals surface area contributed by atoms with Crippen molar-refractivity contribution in [3.8, 4) is 5.75 Å². The van der Waals surface area contributed by atoms with E-state index in [-0.39, 0.29) is 17.7 Å². The Hall–Kier alpha value is -3.13. The van der Waals surface area contributed by atoms with E-state index in [1.165, 1.54) is 11.8 Å². The maximum atomic E-state index is 13.1. The zero-order valence-electron chi connectivity index (χ0n) is 17.6. The van der Waals surface area contributed by atoms with Crippen LogP contribution >= 0.6 is 11.8 Å². The van der Waals surface area contributed by atoms with E-state index in [0.29, 0.717) is 11.6 Å². The summed E-state index contributed by atoms with van der Waals surface area (Å²) in [5, 5.41) is 14.0. The number of methoxy groups -OCH3 is 1. The number of ether oxygens (including phenoxy) is 1. The van der Waals surface area contributed by atoms with Crippen LogP contribution in [0.2, 0.25) is 0 Å². The lowest BCUT2D eigenvalue weighted by molar-refractivity contribution is -0.130. The van der Waals surface area contributed by atoms with Gasteiger partial charge in [0.1, 0.15) is 11.6 Å². The number of H-pyrrole nitrogens is 1. The molecular formula is C23H25N5O2S. The van der Waals surface area contributed by atoms with Gasteiger partial charge >= 0.3 is 0 Å². The molecule has 1 N–H and O–H groups in total. The van der Waals surface area contributed by atoms with E-state index in [9.17, 15) is 4.79 Å². The Kier molecular flexibility index (Phi) is 6.66. The monoisotopic (exact) mass is 435 g/mol. The lowest BCUT2D eigenvalue weighted by Crippen LogP contribution is -2.28. The van der Waals surface area contributed by atoms with Crippen molar-refractivity contribution < 1.29 is 9.53 Å². The fourth-order valence-corrected chi connectivity index (χ4v) is 4.18. The Bertz CT molecular complexity index is 1050. The Balaban J connectivity index is 1.53. The molecule has 0 spiro atoms. The minimum atomic E-state index is -0.156. The zero-order valence-corrected chi connectivity index (χ0v) is 18.4. The second kappa shape index (κ2) is 9.78. The van der Waals surface area contributed by atoms with Crippen LogP contribution in [0.5, 0.6) is 5.75 Å². The van der Waals surface area contributed by atoms with Gasteiger partial charge in [-0.15, -0.1) is 5.10 Å². The minimum absolute atomic E-state index is 0.0707. The number of nitrogens with zero attached hydrogens (tertiary/aromatic N) is 4. The number of rotatable bonds is 8. The Morgan fingerprint density at radius 3 is 2.68 bits per heavy atom. The summed E-state index contributed by atoms with van der Waals surface area (Å²) in [5.41, 5.74) is 2.96. The molecule has 1 aromatic heterocycles. The Labute approximate surface area is 185 Å². The molecule has 1 aliphatic heterocycles. The first-order chi connectivity index (χ1) is 15.2. The lowest BCUT2D eigenvalue weighted by atomic mass is 9.98. The number of hydrazone groups is 1. The number of amides is 1. The van der Waals surface area contributed by atoms with Crippen LogP contribution in [0.4, 0.5) is 0 Å². The summed E-state index contributed by atoms with van der Waals surface area (Å²) in [5.74, 6) is 1.78. The minimum Gasteiger partial charge on any atom is -0.497 e. The predicted molar refractivity (Wildman–Crippen MR) is 121 cm³/mol. The first kappa shape index (κ1) is 21.1. The number of aromatic nitrogens is 3. The molecule has 1 amide bonds. The largest absolute Gasteiger partial charge is 0.497 e. The highest BCUT2D eigenvalue weighted by molar-refractivity contribution is 7.99. The SMILES string of the molecule is CCCc1nc(SCC(=O)N2N=C(c3ccccc3)CC2c2ccc(OC)cc2)n[nH]1. The van der Waals surface area contributed by atoms with Gasteiger partial charge in [0.2, 0.25) is 5.16 Å². The highest BCUT2D eigenvalue weighted by Crippen LogP contribution is 2.34. The van der Waals surface area contributed by atoms with E-state index in [2.05, 4.69) is 22.1 Å². The summed E-state index contributed by atoms with van der Waals surface area (Å²) >= 11 is 1.33. The molecule has 0 bridgehead atoms. The lowest BCUT2D eigenvalue weighted by Gasteiger charge is -2.22. The average Bonchev–Trinajstić information content (AvgIpc) is 3.46. The van der Waals surface area contributed by atoms with Crippen LogP contribution in [0.15, 0.2) is 64.9 Å². The topological polar surface area (TPSA) is 83.5 Å². The molecule has 0 radical (unpaired) electrons. The van der Waals surface area contributed by atoms with Gasteiger partial charge in [-0.05, 0) is 29.7 Å². The van der Waals surface area contributed by atoms with Gasteiger partial charge in [-0.1, -0.05) is 61.2 Å². The fourth-order valence-electron chi connectivity index (χ4n) is 3.51. The predicted octanol–water partition coefficient (Wildman–Crippen LogP) is 4.24. The van der Waals surface area contributed by atoms with Gasteiger partial charge in [0, 0.05) is 12.8 Å². The molecule has 2 aromatic carbocycles. The number of hydrogen-bond acceptors (Lipinski definition) is 6. The molecule has 8 heteroatoms. The van der Waals surface area contributed by atoms with Crippen molar-refractivity contribution in [3.05, 3.63) is 71.5 Å². The number of carbonyl (C=O) groups is 1. The second-order valence-electron chi connectivity index (χ2n) is 7.25. The summed E-state index contributed by atoms with van der Waals surface area (Å²) in [4.78, 5) is 17.6. The highest BCUT2D eigenvalue weighted by atomic mass is 32.2. The molecule has 1 unspecified atom stereocenters. The third-order valence-electron chi connectivity index (χ3n) is 5.10. The van der Waals surface area contributed by atoms with Gasteiger partial charge in [0.25, 0.3) is 5.91 Å². The van der Waals surface area contributed by atoms with E-state index >= 15 is 0 Å². The first-order valence-electron chi connectivity index (χ1n) is 10.3. The van der Waals surface area contributed by atoms with Gasteiger partial charge in [-0.2, -0.15) is 5.10 Å². The molecule has 3 aromatic rings. The molecule has 7 nitrogen and oxygen atoms in total. The van der Waals surface area contributed by atoms with Crippen molar-refractivity contribution in [1.29, 1.82) is 0 Å². The van der Waals surface area contributed by atoms with Crippen molar-refractivity contribution in [2.24, 2.45) is 5.10 Å². The molecule has 4 rings (SSSR count). The van der Waals surface area contributed by atoms with E-state index in [4.69, 9.17) is 9.84 Å². The smallest absolute Gasteiger partial charge is 0.253 e. The molecule has 2 heterocycles. The number of thioether (sulfide) groups is 1. The number of hydrogen-bond donors (Lipinski definition) is 1. The average molecular weight is 436 g/mol. The second-order valence-corrected chi connectivity index (χ2v) is 8.19. The molecule has 0 aliphatic carbocycles. The van der Waals surface area contributed by atoms with Crippen LogP contribution < -0.4 is 4.74 Å². The number of nitrogens with one attached hydrogen (secondary N) is 1. The van der Waals surface area contributed by atoms with Crippen LogP contribution in [0, 0.1) is 0 Å². The molecule has 0 saturated carbocycles. The van der Waals surface area contributed by atoms with Crippen molar-refractivity contribution in [2.45, 2.75) is 37.4 Å². The number of benzene rings is 2. The number of aryl methyl sites for hydroxylation is 1. The highest BCUT2D eigenvalue weighted by Gasteiger charge is 2.33. The number of aromatic amines is 1. The normalized spacial score (nSPS) is 15.7. The quantitative estimate of drug-likeness (QED) is 0.535. The Morgan fingerprint density at radius 1 is 1.19 bits per heavy atom. The van der Waals surface area contributed by atoms with Crippen LogP contribution in [0.1, 0.15) is 42.8 Å². The summed E-state index contributed by atoms with van der Waals surface area (Å²) in [6.07, 6.45) is 2.50. The maximum Gasteiger partial charge on any atom is 0.253 e. The van der Waals surface area contributed by atoms with Gasteiger partial charge in [-0.3, -0.25) is 9.89 Å². The van der Waals surface area contributed by atoms with Crippen molar-refractivity contribution >= 4 is 23.4 Å². The van der Waals surface area contributed by atoms with Crippen LogP contribution in [-0.2, 0) is 11.2 Å². The van der Waals surface area contributed by atoms with Crippen LogP contribution in [0.25, 0.3) is 0 Å². The van der Waals surface area contributed by atoms with Crippen molar-refractivity contribution in [1.82, 2.24) is 20.2 Å². The van der Waals surface area contributed by atoms with Crippen molar-refractivity contribution in [3.63, 3.8) is 0 Å². The first-order valence-corrected chi connectivity index (χ1v) is 11.3. The standard InChI is InChI=1S/C23H25N5O2S/c1-3-7-21-24-23(26-25-21)31-15-22(29)28-20(17-10-12-18(30-2)13-11-17)14-19(27-28)16-8-5-4-6-9-16/h4-6,8-13,20H,3,7,14-15H2,1-2H3,(H,24,25,26). The van der Waals surface area contributed by atoms with E-state index in [0.717, 1.165) is 41.3 Å². The summed E-state index contributed by atoms with van der Waals surface area (Å²) in [6, 6.07) is 17.6. The van der Waals surface area contributed by atoms with Crippen LogP contribution in [-0.4, -0.2) is 44.7 Å². The third-order valence-corrected chi connectivity index (χ3v) is 5.93. The maximum absolute atomic E-state index is 13.1. The summed E-state index contributed by atoms with van der Waals surface area (Å²) in [6.45, 7) is 2.09. The van der Waals surface area contributed by atoms with E-state index in [1.54, 1.807) is 12.1 Å². The van der Waals surface area contributed by atoms with Crippen molar-refractivity contribution in [2.75, 3.05) is 12.9 Å². The molecule has 160 valence electrons.